The third kappa shape index (κ3) is 4.58. The Morgan fingerprint density at radius 3 is 2.61 bits per heavy atom. The largest absolute Gasteiger partial charge is 0.505 e. The Morgan fingerprint density at radius 1 is 1.13 bits per heavy atom. The number of nitrogens with one attached hydrogen (secondary N) is 2. The molecular formula is C18H24N2O3. The van der Waals surface area contributed by atoms with Gasteiger partial charge in [-0.15, -0.1) is 0 Å². The van der Waals surface area contributed by atoms with E-state index in [0.717, 1.165) is 19.3 Å². The zero-order chi connectivity index (χ0) is 16.7. The number of rotatable bonds is 8. The summed E-state index contributed by atoms with van der Waals surface area (Å²) in [5.74, 6) is -0.419. The van der Waals surface area contributed by atoms with E-state index in [9.17, 15) is 14.7 Å². The van der Waals surface area contributed by atoms with Gasteiger partial charge in [0, 0.05) is 11.8 Å². The molecule has 1 aromatic heterocycles. The maximum atomic E-state index is 12.0. The topological polar surface area (TPSA) is 82.2 Å². The molecule has 2 rings (SSSR count). The van der Waals surface area contributed by atoms with Crippen molar-refractivity contribution in [2.45, 2.75) is 51.9 Å². The number of para-hydroxylation sites is 1. The highest BCUT2D eigenvalue weighted by Crippen LogP contribution is 2.28. The van der Waals surface area contributed by atoms with Crippen LogP contribution in [0.15, 0.2) is 29.1 Å². The number of aromatic hydroxyl groups is 1. The van der Waals surface area contributed by atoms with E-state index < -0.39 is 5.56 Å². The summed E-state index contributed by atoms with van der Waals surface area (Å²) in [6.45, 7) is 2.17. The number of benzene rings is 1. The molecule has 0 spiro atoms. The number of unbranched alkanes of at least 4 members (excludes halogenated alkanes) is 5. The van der Waals surface area contributed by atoms with Gasteiger partial charge < -0.3 is 15.4 Å². The van der Waals surface area contributed by atoms with Crippen LogP contribution in [0.25, 0.3) is 10.9 Å². The van der Waals surface area contributed by atoms with Crippen LogP contribution in [0.2, 0.25) is 0 Å². The molecule has 0 aliphatic heterocycles. The Balaban J connectivity index is 1.96. The normalized spacial score (nSPS) is 10.8. The lowest BCUT2D eigenvalue weighted by Gasteiger charge is -2.09. The molecule has 0 bridgehead atoms. The van der Waals surface area contributed by atoms with Crippen molar-refractivity contribution in [3.8, 4) is 5.75 Å². The van der Waals surface area contributed by atoms with Crippen LogP contribution >= 0.6 is 0 Å². The lowest BCUT2D eigenvalue weighted by Crippen LogP contribution is -2.19. The van der Waals surface area contributed by atoms with Crippen LogP contribution in [-0.4, -0.2) is 16.0 Å². The highest BCUT2D eigenvalue weighted by molar-refractivity contribution is 5.97. The summed E-state index contributed by atoms with van der Waals surface area (Å²) >= 11 is 0. The molecule has 2 aromatic rings. The molecule has 1 heterocycles. The van der Waals surface area contributed by atoms with Crippen molar-refractivity contribution >= 4 is 22.5 Å². The molecule has 5 nitrogen and oxygen atoms in total. The minimum Gasteiger partial charge on any atom is -0.505 e. The molecule has 124 valence electrons. The molecule has 0 radical (unpaired) electrons. The minimum absolute atomic E-state index is 0.0697. The molecule has 0 fully saturated rings. The number of amides is 1. The molecule has 0 saturated carbocycles. The van der Waals surface area contributed by atoms with E-state index in [-0.39, 0.29) is 17.3 Å². The highest BCUT2D eigenvalue weighted by Gasteiger charge is 2.13. The lowest BCUT2D eigenvalue weighted by molar-refractivity contribution is -0.116. The molecule has 3 N–H and O–H groups in total. The Morgan fingerprint density at radius 2 is 1.83 bits per heavy atom. The van der Waals surface area contributed by atoms with Gasteiger partial charge >= 0.3 is 0 Å². The van der Waals surface area contributed by atoms with Crippen molar-refractivity contribution in [1.29, 1.82) is 0 Å². The van der Waals surface area contributed by atoms with E-state index in [4.69, 9.17) is 0 Å². The molecular weight excluding hydrogens is 292 g/mol. The zero-order valence-electron chi connectivity index (χ0n) is 13.5. The number of hydrogen-bond donors (Lipinski definition) is 3. The van der Waals surface area contributed by atoms with Crippen LogP contribution in [0, 0.1) is 0 Å². The molecule has 23 heavy (non-hydrogen) atoms. The number of hydrogen-bond acceptors (Lipinski definition) is 3. The van der Waals surface area contributed by atoms with Gasteiger partial charge in [-0.3, -0.25) is 9.59 Å². The number of carbonyl (C=O) groups is 1. The average molecular weight is 316 g/mol. The molecule has 0 aliphatic rings. The van der Waals surface area contributed by atoms with Crippen LogP contribution in [-0.2, 0) is 4.79 Å². The van der Waals surface area contributed by atoms with Gasteiger partial charge in [0.25, 0.3) is 5.56 Å². The molecule has 5 heteroatoms. The lowest BCUT2D eigenvalue weighted by atomic mass is 10.1. The second kappa shape index (κ2) is 8.36. The zero-order valence-corrected chi connectivity index (χ0v) is 13.5. The molecule has 1 aromatic carbocycles. The number of aromatic nitrogens is 1. The van der Waals surface area contributed by atoms with Gasteiger partial charge in [-0.05, 0) is 18.6 Å². The summed E-state index contributed by atoms with van der Waals surface area (Å²) in [5.41, 5.74) is -0.0129. The third-order valence-corrected chi connectivity index (χ3v) is 3.92. The van der Waals surface area contributed by atoms with Gasteiger partial charge in [0.15, 0.2) is 5.75 Å². The van der Waals surface area contributed by atoms with E-state index in [1.54, 1.807) is 24.3 Å². The quantitative estimate of drug-likeness (QED) is 0.645. The minimum atomic E-state index is -0.488. The van der Waals surface area contributed by atoms with E-state index in [1.165, 1.54) is 19.3 Å². The summed E-state index contributed by atoms with van der Waals surface area (Å²) < 4.78 is 0. The van der Waals surface area contributed by atoms with Crippen LogP contribution in [0.3, 0.4) is 0 Å². The fourth-order valence-corrected chi connectivity index (χ4v) is 2.61. The first-order chi connectivity index (χ1) is 11.1. The van der Waals surface area contributed by atoms with Crippen LogP contribution in [0.5, 0.6) is 5.75 Å². The second-order valence-electron chi connectivity index (χ2n) is 5.79. The van der Waals surface area contributed by atoms with Crippen molar-refractivity contribution in [1.82, 2.24) is 4.98 Å². The van der Waals surface area contributed by atoms with Gasteiger partial charge in [0.1, 0.15) is 5.69 Å². The van der Waals surface area contributed by atoms with Gasteiger partial charge in [-0.25, -0.2) is 0 Å². The SMILES string of the molecule is CCCCCCCCC(=O)Nc1c(O)c2ccccc2[nH]c1=O. The van der Waals surface area contributed by atoms with E-state index >= 15 is 0 Å². The van der Waals surface area contributed by atoms with Crippen molar-refractivity contribution in [2.24, 2.45) is 0 Å². The molecule has 0 atom stereocenters. The number of fused-ring (bicyclic) bond motifs is 1. The number of H-pyrrole nitrogens is 1. The number of anilines is 1. The summed E-state index contributed by atoms with van der Waals surface area (Å²) in [4.78, 5) is 26.6. The average Bonchev–Trinajstić information content (AvgIpc) is 2.55. The number of carbonyl (C=O) groups excluding carboxylic acids is 1. The van der Waals surface area contributed by atoms with Crippen LogP contribution in [0.4, 0.5) is 5.69 Å². The molecule has 1 amide bonds. The van der Waals surface area contributed by atoms with Crippen molar-refractivity contribution in [2.75, 3.05) is 5.32 Å². The predicted octanol–water partition coefficient (Wildman–Crippen LogP) is 3.92. The first-order valence-corrected chi connectivity index (χ1v) is 8.27. The molecule has 0 unspecified atom stereocenters. The van der Waals surface area contributed by atoms with Crippen molar-refractivity contribution in [3.05, 3.63) is 34.6 Å². The fraction of sp³-hybridized carbons (Fsp3) is 0.444. The Hall–Kier alpha value is -2.30. The first-order valence-electron chi connectivity index (χ1n) is 8.27. The van der Waals surface area contributed by atoms with E-state index in [1.807, 2.05) is 0 Å². The van der Waals surface area contributed by atoms with Gasteiger partial charge in [0.05, 0.1) is 5.52 Å². The maximum absolute atomic E-state index is 12.0. The smallest absolute Gasteiger partial charge is 0.276 e. The summed E-state index contributed by atoms with van der Waals surface area (Å²) in [5, 5.41) is 13.3. The second-order valence-corrected chi connectivity index (χ2v) is 5.79. The van der Waals surface area contributed by atoms with Gasteiger partial charge in [0.2, 0.25) is 5.91 Å². The van der Waals surface area contributed by atoms with E-state index in [2.05, 4.69) is 17.2 Å². The highest BCUT2D eigenvalue weighted by atomic mass is 16.3. The Bertz CT molecular complexity index is 722. The first kappa shape index (κ1) is 17.1. The number of aromatic amines is 1. The van der Waals surface area contributed by atoms with Crippen molar-refractivity contribution in [3.63, 3.8) is 0 Å². The van der Waals surface area contributed by atoms with Crippen LogP contribution in [0.1, 0.15) is 51.9 Å². The van der Waals surface area contributed by atoms with Gasteiger partial charge in [-0.1, -0.05) is 51.2 Å². The number of pyridine rings is 1. The predicted molar refractivity (Wildman–Crippen MR) is 92.9 cm³/mol. The fourth-order valence-electron chi connectivity index (χ4n) is 2.61. The summed E-state index contributed by atoms with van der Waals surface area (Å²) in [6.07, 6.45) is 6.91. The Labute approximate surface area is 135 Å². The van der Waals surface area contributed by atoms with Crippen LogP contribution < -0.4 is 10.9 Å². The molecule has 0 saturated heterocycles. The molecule has 0 aliphatic carbocycles. The Kier molecular flexibility index (Phi) is 6.20. The maximum Gasteiger partial charge on any atom is 0.276 e. The summed E-state index contributed by atoms with van der Waals surface area (Å²) in [7, 11) is 0. The van der Waals surface area contributed by atoms with E-state index in [0.29, 0.717) is 17.3 Å². The monoisotopic (exact) mass is 316 g/mol. The standard InChI is InChI=1S/C18H24N2O3/c1-2-3-4-5-6-7-12-15(21)20-16-17(22)13-10-8-9-11-14(13)19-18(16)23/h8-11H,2-7,12H2,1H3,(H,20,21)(H2,19,22,23). The third-order valence-electron chi connectivity index (χ3n) is 3.92. The van der Waals surface area contributed by atoms with Crippen molar-refractivity contribution < 1.29 is 9.90 Å². The van der Waals surface area contributed by atoms with Gasteiger partial charge in [-0.2, -0.15) is 0 Å². The summed E-state index contributed by atoms with van der Waals surface area (Å²) in [6, 6.07) is 6.94.